The second kappa shape index (κ2) is 5.73. The third-order valence-electron chi connectivity index (χ3n) is 5.32. The van der Waals surface area contributed by atoms with Gasteiger partial charge in [-0.05, 0) is 55.1 Å². The highest BCUT2D eigenvalue weighted by Gasteiger charge is 2.37. The Labute approximate surface area is 127 Å². The van der Waals surface area contributed by atoms with E-state index in [1.54, 1.807) is 0 Å². The van der Waals surface area contributed by atoms with Crippen molar-refractivity contribution in [3.63, 3.8) is 0 Å². The first-order valence-corrected chi connectivity index (χ1v) is 9.84. The van der Waals surface area contributed by atoms with Crippen LogP contribution < -0.4 is 0 Å². The van der Waals surface area contributed by atoms with Gasteiger partial charge in [-0.2, -0.15) is 0 Å². The molecular weight excluding hydrogens is 284 g/mol. The van der Waals surface area contributed by atoms with Crippen LogP contribution in [0.2, 0.25) is 0 Å². The number of aliphatic hydroxyl groups excluding tert-OH is 1. The smallest absolute Gasteiger partial charge is 0.150 e. The SMILES string of the molecule is CS(=O)(=O)C1CCCC(C(O)C2Cc3ccccc3C2)C1. The van der Waals surface area contributed by atoms with E-state index in [1.165, 1.54) is 17.4 Å². The Morgan fingerprint density at radius 1 is 1.10 bits per heavy atom. The molecule has 1 saturated carbocycles. The molecule has 0 radical (unpaired) electrons. The highest BCUT2D eigenvalue weighted by molar-refractivity contribution is 7.91. The minimum atomic E-state index is -2.98. The Kier molecular flexibility index (Phi) is 4.10. The maximum atomic E-state index is 11.8. The monoisotopic (exact) mass is 308 g/mol. The zero-order valence-corrected chi connectivity index (χ0v) is 13.3. The summed E-state index contributed by atoms with van der Waals surface area (Å²) in [5.41, 5.74) is 2.69. The lowest BCUT2D eigenvalue weighted by Gasteiger charge is -2.33. The van der Waals surface area contributed by atoms with Gasteiger partial charge in [-0.3, -0.25) is 0 Å². The molecule has 3 nitrogen and oxygen atoms in total. The van der Waals surface area contributed by atoms with Crippen molar-refractivity contribution in [1.82, 2.24) is 0 Å². The molecule has 0 spiro atoms. The van der Waals surface area contributed by atoms with Gasteiger partial charge in [0.05, 0.1) is 11.4 Å². The largest absolute Gasteiger partial charge is 0.393 e. The number of aliphatic hydroxyl groups is 1. The summed E-state index contributed by atoms with van der Waals surface area (Å²) in [4.78, 5) is 0. The standard InChI is InChI=1S/C17H24O3S/c1-21(19,20)16-8-4-7-14(11-16)17(18)15-9-12-5-2-3-6-13(12)10-15/h2-3,5-6,14-18H,4,7-11H2,1H3. The summed E-state index contributed by atoms with van der Waals surface area (Å²) in [5, 5.41) is 10.5. The zero-order chi connectivity index (χ0) is 15.0. The molecule has 1 aromatic carbocycles. The highest BCUT2D eigenvalue weighted by Crippen LogP contribution is 2.37. The Hall–Kier alpha value is -0.870. The molecule has 21 heavy (non-hydrogen) atoms. The molecule has 3 unspecified atom stereocenters. The van der Waals surface area contributed by atoms with Crippen LogP contribution >= 0.6 is 0 Å². The fourth-order valence-electron chi connectivity index (χ4n) is 4.10. The van der Waals surface area contributed by atoms with E-state index in [0.717, 1.165) is 32.1 Å². The Balaban J connectivity index is 1.68. The van der Waals surface area contributed by atoms with Crippen LogP contribution in [0.5, 0.6) is 0 Å². The van der Waals surface area contributed by atoms with Crippen LogP contribution in [-0.4, -0.2) is 31.1 Å². The highest BCUT2D eigenvalue weighted by atomic mass is 32.2. The summed E-state index contributed by atoms with van der Waals surface area (Å²) >= 11 is 0. The third-order valence-corrected chi connectivity index (χ3v) is 6.96. The van der Waals surface area contributed by atoms with Crippen LogP contribution in [0.3, 0.4) is 0 Å². The molecule has 2 aliphatic carbocycles. The molecule has 116 valence electrons. The van der Waals surface area contributed by atoms with Crippen molar-refractivity contribution in [3.05, 3.63) is 35.4 Å². The van der Waals surface area contributed by atoms with Gasteiger partial charge in [0.25, 0.3) is 0 Å². The van der Waals surface area contributed by atoms with Crippen LogP contribution in [0.25, 0.3) is 0 Å². The topological polar surface area (TPSA) is 54.4 Å². The van der Waals surface area contributed by atoms with Crippen molar-refractivity contribution < 1.29 is 13.5 Å². The number of hydrogen-bond acceptors (Lipinski definition) is 3. The lowest BCUT2D eigenvalue weighted by atomic mass is 9.79. The van der Waals surface area contributed by atoms with E-state index in [0.29, 0.717) is 6.42 Å². The normalized spacial score (nSPS) is 28.3. The van der Waals surface area contributed by atoms with Gasteiger partial charge in [0.2, 0.25) is 0 Å². The first-order valence-electron chi connectivity index (χ1n) is 7.89. The van der Waals surface area contributed by atoms with E-state index in [-0.39, 0.29) is 23.2 Å². The number of hydrogen-bond donors (Lipinski definition) is 1. The summed E-state index contributed by atoms with van der Waals surface area (Å²) in [7, 11) is -2.98. The van der Waals surface area contributed by atoms with Gasteiger partial charge >= 0.3 is 0 Å². The lowest BCUT2D eigenvalue weighted by molar-refractivity contribution is 0.0375. The van der Waals surface area contributed by atoms with Crippen LogP contribution in [-0.2, 0) is 22.7 Å². The summed E-state index contributed by atoms with van der Waals surface area (Å²) in [6, 6.07) is 8.38. The number of fused-ring (bicyclic) bond motifs is 1. The minimum Gasteiger partial charge on any atom is -0.393 e. The van der Waals surface area contributed by atoms with Gasteiger partial charge in [0.1, 0.15) is 9.84 Å². The Morgan fingerprint density at radius 3 is 2.29 bits per heavy atom. The van der Waals surface area contributed by atoms with Crippen LogP contribution in [0.15, 0.2) is 24.3 Å². The fourth-order valence-corrected chi connectivity index (χ4v) is 5.29. The first-order chi connectivity index (χ1) is 9.95. The molecule has 0 aromatic heterocycles. The van der Waals surface area contributed by atoms with E-state index in [9.17, 15) is 13.5 Å². The molecular formula is C17H24O3S. The number of rotatable bonds is 3. The van der Waals surface area contributed by atoms with Crippen molar-refractivity contribution in [1.29, 1.82) is 0 Å². The van der Waals surface area contributed by atoms with Gasteiger partial charge in [-0.15, -0.1) is 0 Å². The van der Waals surface area contributed by atoms with Crippen molar-refractivity contribution in [2.45, 2.75) is 49.9 Å². The second-order valence-electron chi connectivity index (χ2n) is 6.81. The molecule has 0 heterocycles. The average molecular weight is 308 g/mol. The summed E-state index contributed by atoms with van der Waals surface area (Å²) in [6.07, 6.45) is 6.08. The lowest BCUT2D eigenvalue weighted by Crippen LogP contribution is -2.37. The van der Waals surface area contributed by atoms with Gasteiger partial charge in [0, 0.05) is 6.26 Å². The van der Waals surface area contributed by atoms with E-state index in [1.807, 2.05) is 12.1 Å². The van der Waals surface area contributed by atoms with Crippen LogP contribution in [0.1, 0.15) is 36.8 Å². The van der Waals surface area contributed by atoms with Crippen LogP contribution in [0, 0.1) is 11.8 Å². The van der Waals surface area contributed by atoms with Crippen molar-refractivity contribution in [3.8, 4) is 0 Å². The average Bonchev–Trinajstić information content (AvgIpc) is 2.89. The zero-order valence-electron chi connectivity index (χ0n) is 12.5. The molecule has 3 atom stereocenters. The fraction of sp³-hybridized carbons (Fsp3) is 0.647. The molecule has 0 bridgehead atoms. The summed E-state index contributed by atoms with van der Waals surface area (Å²) < 4.78 is 23.5. The van der Waals surface area contributed by atoms with E-state index in [2.05, 4.69) is 12.1 Å². The van der Waals surface area contributed by atoms with Crippen LogP contribution in [0.4, 0.5) is 0 Å². The molecule has 4 heteroatoms. The van der Waals surface area contributed by atoms with Gasteiger partial charge in [-0.1, -0.05) is 30.7 Å². The molecule has 1 aromatic rings. The van der Waals surface area contributed by atoms with E-state index < -0.39 is 9.84 Å². The Morgan fingerprint density at radius 2 is 1.71 bits per heavy atom. The van der Waals surface area contributed by atoms with Gasteiger partial charge < -0.3 is 5.11 Å². The Bertz CT molecular complexity index is 583. The van der Waals surface area contributed by atoms with Gasteiger partial charge in [-0.25, -0.2) is 8.42 Å². The molecule has 1 N–H and O–H groups in total. The number of benzene rings is 1. The predicted molar refractivity (Wildman–Crippen MR) is 83.9 cm³/mol. The summed E-state index contributed by atoms with van der Waals surface area (Å²) in [5.74, 6) is 0.392. The van der Waals surface area contributed by atoms with E-state index >= 15 is 0 Å². The molecule has 0 saturated heterocycles. The molecule has 0 aliphatic heterocycles. The van der Waals surface area contributed by atoms with Crippen molar-refractivity contribution in [2.24, 2.45) is 11.8 Å². The van der Waals surface area contributed by atoms with Gasteiger partial charge in [0.15, 0.2) is 0 Å². The summed E-state index contributed by atoms with van der Waals surface area (Å²) in [6.45, 7) is 0. The van der Waals surface area contributed by atoms with Crippen molar-refractivity contribution >= 4 is 9.84 Å². The minimum absolute atomic E-state index is 0.137. The van der Waals surface area contributed by atoms with Crippen molar-refractivity contribution in [2.75, 3.05) is 6.26 Å². The maximum absolute atomic E-state index is 11.8. The molecule has 3 rings (SSSR count). The molecule has 0 amide bonds. The quantitative estimate of drug-likeness (QED) is 0.932. The number of sulfone groups is 1. The maximum Gasteiger partial charge on any atom is 0.150 e. The third kappa shape index (κ3) is 3.16. The first kappa shape index (κ1) is 15.0. The molecule has 2 aliphatic rings. The predicted octanol–water partition coefficient (Wildman–Crippen LogP) is 2.37. The molecule has 1 fully saturated rings. The second-order valence-corrected chi connectivity index (χ2v) is 9.13. The van der Waals surface area contributed by atoms with E-state index in [4.69, 9.17) is 0 Å².